The van der Waals surface area contributed by atoms with Gasteiger partial charge < -0.3 is 19.7 Å². The lowest BCUT2D eigenvalue weighted by atomic mass is 9.98. The summed E-state index contributed by atoms with van der Waals surface area (Å²) in [6.07, 6.45) is 2.74. The highest BCUT2D eigenvalue weighted by atomic mass is 32.2. The fourth-order valence-electron chi connectivity index (χ4n) is 3.14. The number of carbonyl (C=O) groups is 1. The minimum absolute atomic E-state index is 0.0870. The first-order chi connectivity index (χ1) is 13.4. The summed E-state index contributed by atoms with van der Waals surface area (Å²) < 4.78 is 34.8. The fraction of sp³-hybridized carbons (Fsp3) is 0.444. The summed E-state index contributed by atoms with van der Waals surface area (Å²) in [4.78, 5) is 16.1. The Morgan fingerprint density at radius 1 is 1.32 bits per heavy atom. The lowest BCUT2D eigenvalue weighted by Crippen LogP contribution is -2.51. The summed E-state index contributed by atoms with van der Waals surface area (Å²) in [5.74, 6) is -0.194. The Balaban J connectivity index is 1.56. The molecule has 0 unspecified atom stereocenters. The highest BCUT2D eigenvalue weighted by molar-refractivity contribution is 7.89. The number of aryl methyl sites for hydroxylation is 1. The fourth-order valence-corrected chi connectivity index (χ4v) is 4.42. The van der Waals surface area contributed by atoms with Crippen LogP contribution < -0.4 is 10.0 Å². The third-order valence-electron chi connectivity index (χ3n) is 4.53. The molecule has 10 heteroatoms. The molecular formula is C18H24N4O5S. The molecule has 1 aromatic heterocycles. The number of nitrogens with one attached hydrogen (secondary N) is 2. The quantitative estimate of drug-likeness (QED) is 0.618. The Bertz CT molecular complexity index is 900. The van der Waals surface area contributed by atoms with Gasteiger partial charge >= 0.3 is 0 Å². The Kier molecular flexibility index (Phi) is 6.45. The average molecular weight is 408 g/mol. The monoisotopic (exact) mass is 408 g/mol. The molecule has 2 heterocycles. The number of sulfonamides is 1. The smallest absolute Gasteiger partial charge is 0.259 e. The minimum Gasteiger partial charge on any atom is -0.394 e. The number of ether oxygens (including phenoxy) is 1. The first-order valence-electron chi connectivity index (χ1n) is 8.99. The summed E-state index contributed by atoms with van der Waals surface area (Å²) in [7, 11) is -2.14. The van der Waals surface area contributed by atoms with Gasteiger partial charge in [-0.3, -0.25) is 4.79 Å². The molecule has 3 rings (SSSR count). The topological polar surface area (TPSA) is 123 Å². The van der Waals surface area contributed by atoms with E-state index in [9.17, 15) is 18.3 Å². The van der Waals surface area contributed by atoms with Crippen LogP contribution in [-0.2, 0) is 26.6 Å². The summed E-state index contributed by atoms with van der Waals surface area (Å²) in [5, 5.41) is 12.3. The number of hydrogen-bond donors (Lipinski definition) is 3. The Labute approximate surface area is 163 Å². The van der Waals surface area contributed by atoms with Gasteiger partial charge in [0.2, 0.25) is 5.91 Å². The third-order valence-corrected chi connectivity index (χ3v) is 5.90. The van der Waals surface area contributed by atoms with E-state index in [4.69, 9.17) is 4.74 Å². The van der Waals surface area contributed by atoms with E-state index in [0.29, 0.717) is 18.5 Å². The second-order valence-electron chi connectivity index (χ2n) is 6.78. The highest BCUT2D eigenvalue weighted by Gasteiger charge is 2.35. The lowest BCUT2D eigenvalue weighted by molar-refractivity contribution is -0.126. The van der Waals surface area contributed by atoms with Crippen molar-refractivity contribution in [3.63, 3.8) is 0 Å². The van der Waals surface area contributed by atoms with Gasteiger partial charge in [-0.1, -0.05) is 18.2 Å². The van der Waals surface area contributed by atoms with Crippen LogP contribution in [0.3, 0.4) is 0 Å². The maximum absolute atomic E-state index is 12.4. The molecule has 0 radical (unpaired) electrons. The maximum atomic E-state index is 12.4. The van der Waals surface area contributed by atoms with Gasteiger partial charge in [-0.15, -0.1) is 0 Å². The second-order valence-corrected chi connectivity index (χ2v) is 8.44. The largest absolute Gasteiger partial charge is 0.394 e. The van der Waals surface area contributed by atoms with Crippen molar-refractivity contribution < 1.29 is 23.1 Å². The molecule has 0 saturated carbocycles. The van der Waals surface area contributed by atoms with Crippen LogP contribution in [0.4, 0.5) is 5.69 Å². The highest BCUT2D eigenvalue weighted by Crippen LogP contribution is 2.23. The summed E-state index contributed by atoms with van der Waals surface area (Å²) in [6.45, 7) is -0.355. The van der Waals surface area contributed by atoms with Crippen molar-refractivity contribution in [3.05, 3.63) is 42.9 Å². The maximum Gasteiger partial charge on any atom is 0.259 e. The van der Waals surface area contributed by atoms with E-state index in [1.54, 1.807) is 19.2 Å². The van der Waals surface area contributed by atoms with Crippen LogP contribution in [0.1, 0.15) is 19.3 Å². The summed E-state index contributed by atoms with van der Waals surface area (Å²) in [6, 6.07) is 8.50. The molecule has 1 saturated heterocycles. The summed E-state index contributed by atoms with van der Waals surface area (Å²) >= 11 is 0. The van der Waals surface area contributed by atoms with Crippen LogP contribution in [0, 0.1) is 0 Å². The van der Waals surface area contributed by atoms with Gasteiger partial charge in [-0.25, -0.2) is 18.1 Å². The third kappa shape index (κ3) is 5.16. The van der Waals surface area contributed by atoms with E-state index < -0.39 is 28.3 Å². The van der Waals surface area contributed by atoms with Crippen LogP contribution in [-0.4, -0.2) is 53.8 Å². The number of para-hydroxylation sites is 1. The van der Waals surface area contributed by atoms with E-state index in [1.807, 2.05) is 18.2 Å². The second kappa shape index (κ2) is 8.82. The van der Waals surface area contributed by atoms with Crippen molar-refractivity contribution in [1.29, 1.82) is 0 Å². The van der Waals surface area contributed by atoms with Crippen molar-refractivity contribution >= 4 is 21.6 Å². The van der Waals surface area contributed by atoms with E-state index >= 15 is 0 Å². The van der Waals surface area contributed by atoms with Gasteiger partial charge in [0.15, 0.2) is 5.03 Å². The van der Waals surface area contributed by atoms with Gasteiger partial charge in [-0.05, 0) is 25.0 Å². The molecule has 3 atom stereocenters. The van der Waals surface area contributed by atoms with Crippen LogP contribution in [0.2, 0.25) is 0 Å². The molecule has 0 spiro atoms. The predicted molar refractivity (Wildman–Crippen MR) is 102 cm³/mol. The van der Waals surface area contributed by atoms with Crippen LogP contribution in [0.15, 0.2) is 47.9 Å². The molecule has 1 aliphatic rings. The molecular weight excluding hydrogens is 384 g/mol. The number of aromatic nitrogens is 2. The van der Waals surface area contributed by atoms with Crippen molar-refractivity contribution in [2.24, 2.45) is 7.05 Å². The first kappa shape index (κ1) is 20.5. The molecule has 1 aliphatic heterocycles. The standard InChI is InChI=1S/C18H24N4O5S/c1-22-10-18(19-12-22)28(25,26)21-15-8-7-14(27-16(15)11-23)9-17(24)20-13-5-3-2-4-6-13/h2-6,10,12,14-16,21,23H,7-9,11H2,1H3,(H,20,24)/t14-,15+,16+/m1/s1. The van der Waals surface area contributed by atoms with Gasteiger partial charge in [0.1, 0.15) is 0 Å². The number of carbonyl (C=O) groups excluding carboxylic acids is 1. The van der Waals surface area contributed by atoms with E-state index in [0.717, 1.165) is 0 Å². The SMILES string of the molecule is Cn1cnc(S(=O)(=O)N[C@H]2CC[C@H](CC(=O)Nc3ccccc3)O[C@H]2CO)c1. The Morgan fingerprint density at radius 3 is 2.71 bits per heavy atom. The van der Waals surface area contributed by atoms with Crippen molar-refractivity contribution in [2.45, 2.75) is 42.5 Å². The Hall–Kier alpha value is -2.27. The van der Waals surface area contributed by atoms with Gasteiger partial charge in [0.25, 0.3) is 10.0 Å². The normalized spacial score (nSPS) is 22.7. The van der Waals surface area contributed by atoms with Crippen molar-refractivity contribution in [1.82, 2.24) is 14.3 Å². The van der Waals surface area contributed by atoms with Crippen LogP contribution in [0.25, 0.3) is 0 Å². The molecule has 3 N–H and O–H groups in total. The number of hydrogen-bond acceptors (Lipinski definition) is 6. The molecule has 0 aliphatic carbocycles. The zero-order chi connectivity index (χ0) is 20.1. The zero-order valence-corrected chi connectivity index (χ0v) is 16.3. The molecule has 1 aromatic carbocycles. The number of aliphatic hydroxyl groups excluding tert-OH is 1. The Morgan fingerprint density at radius 2 is 2.07 bits per heavy atom. The van der Waals surface area contributed by atoms with Gasteiger partial charge in [-0.2, -0.15) is 0 Å². The lowest BCUT2D eigenvalue weighted by Gasteiger charge is -2.35. The van der Waals surface area contributed by atoms with E-state index in [2.05, 4.69) is 15.0 Å². The molecule has 28 heavy (non-hydrogen) atoms. The van der Waals surface area contributed by atoms with Crippen LogP contribution >= 0.6 is 0 Å². The number of imidazole rings is 1. The van der Waals surface area contributed by atoms with Crippen LogP contribution in [0.5, 0.6) is 0 Å². The minimum atomic E-state index is -3.82. The van der Waals surface area contributed by atoms with Crippen molar-refractivity contribution in [3.8, 4) is 0 Å². The molecule has 2 aromatic rings. The number of amides is 1. The zero-order valence-electron chi connectivity index (χ0n) is 15.5. The number of benzene rings is 1. The molecule has 1 amide bonds. The van der Waals surface area contributed by atoms with Crippen molar-refractivity contribution in [2.75, 3.05) is 11.9 Å². The molecule has 1 fully saturated rings. The molecule has 152 valence electrons. The molecule has 9 nitrogen and oxygen atoms in total. The molecule has 0 bridgehead atoms. The summed E-state index contributed by atoms with van der Waals surface area (Å²) in [5.41, 5.74) is 0.697. The number of rotatable bonds is 7. The number of nitrogens with zero attached hydrogens (tertiary/aromatic N) is 2. The number of aliphatic hydroxyl groups is 1. The first-order valence-corrected chi connectivity index (χ1v) is 10.5. The van der Waals surface area contributed by atoms with E-state index in [1.165, 1.54) is 17.1 Å². The average Bonchev–Trinajstić information content (AvgIpc) is 3.11. The predicted octanol–water partition coefficient (Wildman–Crippen LogP) is 0.636. The van der Waals surface area contributed by atoms with Gasteiger partial charge in [0.05, 0.1) is 37.6 Å². The van der Waals surface area contributed by atoms with E-state index in [-0.39, 0.29) is 24.0 Å². The van der Waals surface area contributed by atoms with Gasteiger partial charge in [0, 0.05) is 18.9 Å². The number of anilines is 1.